The van der Waals surface area contributed by atoms with E-state index < -0.39 is 0 Å². The van der Waals surface area contributed by atoms with Gasteiger partial charge in [0.1, 0.15) is 5.69 Å². The van der Waals surface area contributed by atoms with Gasteiger partial charge in [-0.1, -0.05) is 13.8 Å². The van der Waals surface area contributed by atoms with Crippen molar-refractivity contribution in [3.05, 3.63) is 11.1 Å². The highest BCUT2D eigenvalue weighted by molar-refractivity contribution is 7.13. The van der Waals surface area contributed by atoms with E-state index in [-0.39, 0.29) is 5.91 Å². The average Bonchev–Trinajstić information content (AvgIpc) is 3.26. The highest BCUT2D eigenvalue weighted by atomic mass is 32.1. The smallest absolute Gasteiger partial charge is 0.273 e. The quantitative estimate of drug-likeness (QED) is 0.898. The maximum Gasteiger partial charge on any atom is 0.273 e. The van der Waals surface area contributed by atoms with Gasteiger partial charge in [-0.25, -0.2) is 4.98 Å². The van der Waals surface area contributed by atoms with Crippen LogP contribution in [0.1, 0.15) is 43.6 Å². The Hall–Kier alpha value is -1.14. The first-order chi connectivity index (χ1) is 11.1. The fourth-order valence-corrected chi connectivity index (χ4v) is 4.03. The normalized spacial score (nSPS) is 23.1. The van der Waals surface area contributed by atoms with E-state index in [0.717, 1.165) is 37.1 Å². The van der Waals surface area contributed by atoms with Gasteiger partial charge in [0.15, 0.2) is 5.13 Å². The zero-order valence-electron chi connectivity index (χ0n) is 14.4. The Bertz CT molecular complexity index is 540. The third-order valence-electron chi connectivity index (χ3n) is 4.93. The number of nitrogens with zero attached hydrogens (tertiary/aromatic N) is 3. The van der Waals surface area contributed by atoms with Gasteiger partial charge in [0.05, 0.1) is 0 Å². The lowest BCUT2D eigenvalue weighted by molar-refractivity contribution is 0.0699. The summed E-state index contributed by atoms with van der Waals surface area (Å²) in [5.74, 6) is 1.54. The average molecular weight is 337 g/mol. The van der Waals surface area contributed by atoms with Crippen LogP contribution in [-0.4, -0.2) is 60.0 Å². The minimum atomic E-state index is 0.0849. The van der Waals surface area contributed by atoms with Crippen LogP contribution in [0.25, 0.3) is 0 Å². The van der Waals surface area contributed by atoms with Gasteiger partial charge in [-0.15, -0.1) is 11.3 Å². The molecule has 1 atom stereocenters. The van der Waals surface area contributed by atoms with E-state index in [1.165, 1.54) is 30.7 Å². The standard InChI is InChI=1S/C17H28N4OS/c1-12(2)15-10-21(8-4-7-20(15)9-13-5-6-13)16(22)14-11-23-17(18-3)19-14/h11-13,15H,4-10H2,1-3H3,(H,18,19). The number of carbonyl (C=O) groups excluding carboxylic acids is 1. The molecule has 3 rings (SSSR count). The Balaban J connectivity index is 1.70. The highest BCUT2D eigenvalue weighted by Gasteiger charge is 2.33. The lowest BCUT2D eigenvalue weighted by Crippen LogP contribution is -2.46. The van der Waals surface area contributed by atoms with Crippen molar-refractivity contribution in [3.8, 4) is 0 Å². The molecule has 128 valence electrons. The molecular weight excluding hydrogens is 308 g/mol. The highest BCUT2D eigenvalue weighted by Crippen LogP contribution is 2.32. The second kappa shape index (κ2) is 7.18. The second-order valence-corrected chi connectivity index (χ2v) is 8.00. The number of anilines is 1. The van der Waals surface area contributed by atoms with Crippen LogP contribution >= 0.6 is 11.3 Å². The molecule has 23 heavy (non-hydrogen) atoms. The zero-order chi connectivity index (χ0) is 16.4. The molecule has 0 radical (unpaired) electrons. The molecule has 6 heteroatoms. The molecule has 1 aliphatic heterocycles. The van der Waals surface area contributed by atoms with Gasteiger partial charge in [-0.2, -0.15) is 0 Å². The van der Waals surface area contributed by atoms with Crippen LogP contribution in [0.2, 0.25) is 0 Å². The minimum Gasteiger partial charge on any atom is -0.365 e. The Morgan fingerprint density at radius 1 is 1.43 bits per heavy atom. The van der Waals surface area contributed by atoms with Crippen molar-refractivity contribution in [1.29, 1.82) is 0 Å². The third kappa shape index (κ3) is 4.04. The van der Waals surface area contributed by atoms with Crippen molar-refractivity contribution in [2.45, 2.75) is 39.2 Å². The van der Waals surface area contributed by atoms with E-state index in [1.807, 2.05) is 17.3 Å². The molecule has 0 bridgehead atoms. The Morgan fingerprint density at radius 3 is 2.83 bits per heavy atom. The number of nitrogens with one attached hydrogen (secondary N) is 1. The van der Waals surface area contributed by atoms with Crippen LogP contribution in [0, 0.1) is 11.8 Å². The van der Waals surface area contributed by atoms with Crippen LogP contribution in [0.5, 0.6) is 0 Å². The molecule has 1 unspecified atom stereocenters. The summed E-state index contributed by atoms with van der Waals surface area (Å²) in [6, 6.07) is 0.462. The van der Waals surface area contributed by atoms with E-state index in [4.69, 9.17) is 0 Å². The van der Waals surface area contributed by atoms with Gasteiger partial charge < -0.3 is 10.2 Å². The number of rotatable bonds is 5. The predicted molar refractivity (Wildman–Crippen MR) is 95.1 cm³/mol. The van der Waals surface area contributed by atoms with Crippen molar-refractivity contribution in [1.82, 2.24) is 14.8 Å². The number of amides is 1. The number of carbonyl (C=O) groups is 1. The monoisotopic (exact) mass is 336 g/mol. The molecular formula is C17H28N4OS. The van der Waals surface area contributed by atoms with Crippen LogP contribution in [-0.2, 0) is 0 Å². The first-order valence-corrected chi connectivity index (χ1v) is 9.63. The van der Waals surface area contributed by atoms with Crippen molar-refractivity contribution in [2.24, 2.45) is 11.8 Å². The van der Waals surface area contributed by atoms with Crippen molar-refractivity contribution in [3.63, 3.8) is 0 Å². The molecule has 1 saturated heterocycles. The van der Waals surface area contributed by atoms with Crippen molar-refractivity contribution in [2.75, 3.05) is 38.5 Å². The fraction of sp³-hybridized carbons (Fsp3) is 0.765. The van der Waals surface area contributed by atoms with Crippen LogP contribution in [0.15, 0.2) is 5.38 Å². The Morgan fingerprint density at radius 2 is 2.22 bits per heavy atom. The van der Waals surface area contributed by atoms with Gasteiger partial charge in [0.25, 0.3) is 5.91 Å². The summed E-state index contributed by atoms with van der Waals surface area (Å²) >= 11 is 1.49. The van der Waals surface area contributed by atoms with Gasteiger partial charge in [-0.05, 0) is 31.1 Å². The third-order valence-corrected chi connectivity index (χ3v) is 5.79. The van der Waals surface area contributed by atoms with Gasteiger partial charge in [0.2, 0.25) is 0 Å². The summed E-state index contributed by atoms with van der Waals surface area (Å²) in [7, 11) is 1.84. The van der Waals surface area contributed by atoms with Crippen LogP contribution < -0.4 is 5.32 Å². The summed E-state index contributed by atoms with van der Waals surface area (Å²) in [6.45, 7) is 8.56. The SMILES string of the molecule is CNc1nc(C(=O)N2CCCN(CC3CC3)C(C(C)C)C2)cs1. The molecule has 5 nitrogen and oxygen atoms in total. The van der Waals surface area contributed by atoms with E-state index in [0.29, 0.717) is 17.7 Å². The van der Waals surface area contributed by atoms with Gasteiger partial charge in [0, 0.05) is 44.6 Å². The Kier molecular flexibility index (Phi) is 5.21. The Labute approximate surface area is 143 Å². The largest absolute Gasteiger partial charge is 0.365 e. The molecule has 1 saturated carbocycles. The minimum absolute atomic E-state index is 0.0849. The topological polar surface area (TPSA) is 48.5 Å². The number of aromatic nitrogens is 1. The lowest BCUT2D eigenvalue weighted by Gasteiger charge is -2.34. The fourth-order valence-electron chi connectivity index (χ4n) is 3.39. The molecule has 1 aliphatic carbocycles. The summed E-state index contributed by atoms with van der Waals surface area (Å²) in [4.78, 5) is 21.9. The van der Waals surface area contributed by atoms with Crippen molar-refractivity contribution < 1.29 is 4.79 Å². The maximum absolute atomic E-state index is 12.8. The molecule has 0 spiro atoms. The molecule has 1 aromatic heterocycles. The first kappa shape index (κ1) is 16.7. The van der Waals surface area contributed by atoms with Crippen molar-refractivity contribution >= 4 is 22.4 Å². The molecule has 2 aliphatic rings. The lowest BCUT2D eigenvalue weighted by atomic mass is 10.0. The predicted octanol–water partition coefficient (Wildman–Crippen LogP) is 2.77. The van der Waals surface area contributed by atoms with E-state index >= 15 is 0 Å². The molecule has 1 aromatic rings. The van der Waals surface area contributed by atoms with Crippen LogP contribution in [0.3, 0.4) is 0 Å². The van der Waals surface area contributed by atoms with E-state index in [1.54, 1.807) is 0 Å². The van der Waals surface area contributed by atoms with Gasteiger partial charge >= 0.3 is 0 Å². The molecule has 1 N–H and O–H groups in total. The summed E-state index contributed by atoms with van der Waals surface area (Å²) in [6.07, 6.45) is 3.83. The second-order valence-electron chi connectivity index (χ2n) is 7.14. The molecule has 2 fully saturated rings. The number of hydrogen-bond donors (Lipinski definition) is 1. The first-order valence-electron chi connectivity index (χ1n) is 8.75. The summed E-state index contributed by atoms with van der Waals surface area (Å²) in [5, 5.41) is 5.68. The summed E-state index contributed by atoms with van der Waals surface area (Å²) < 4.78 is 0. The number of hydrogen-bond acceptors (Lipinski definition) is 5. The molecule has 1 amide bonds. The molecule has 2 heterocycles. The van der Waals surface area contributed by atoms with E-state index in [2.05, 4.69) is 29.0 Å². The van der Waals surface area contributed by atoms with E-state index in [9.17, 15) is 4.79 Å². The maximum atomic E-state index is 12.8. The number of thiazole rings is 1. The molecule has 0 aromatic carbocycles. The summed E-state index contributed by atoms with van der Waals surface area (Å²) in [5.41, 5.74) is 0.581. The van der Waals surface area contributed by atoms with Gasteiger partial charge in [-0.3, -0.25) is 9.69 Å². The van der Waals surface area contributed by atoms with Crippen LogP contribution in [0.4, 0.5) is 5.13 Å². The zero-order valence-corrected chi connectivity index (χ0v) is 15.2.